The molecule has 0 saturated heterocycles. The van der Waals surface area contributed by atoms with Crippen LogP contribution in [0.2, 0.25) is 5.15 Å². The highest BCUT2D eigenvalue weighted by atomic mass is 35.5. The van der Waals surface area contributed by atoms with Gasteiger partial charge in [0.2, 0.25) is 0 Å². The van der Waals surface area contributed by atoms with Gasteiger partial charge in [0.15, 0.2) is 5.16 Å². The highest BCUT2D eigenvalue weighted by molar-refractivity contribution is 7.98. The van der Waals surface area contributed by atoms with Crippen molar-refractivity contribution >= 4 is 35.0 Å². The number of amides is 1. The SMILES string of the molecule is CSc1ncc(C(=O)Nc2cccc(C)c2)c(Cl)n1. The summed E-state index contributed by atoms with van der Waals surface area (Å²) in [4.78, 5) is 20.1. The minimum atomic E-state index is -0.316. The van der Waals surface area contributed by atoms with E-state index in [1.807, 2.05) is 37.4 Å². The van der Waals surface area contributed by atoms with Gasteiger partial charge in [-0.15, -0.1) is 0 Å². The Morgan fingerprint density at radius 3 is 2.84 bits per heavy atom. The molecule has 1 N–H and O–H groups in total. The largest absolute Gasteiger partial charge is 0.322 e. The van der Waals surface area contributed by atoms with Crippen molar-refractivity contribution in [3.8, 4) is 0 Å². The maximum Gasteiger partial charge on any atom is 0.260 e. The number of aromatic nitrogens is 2. The molecule has 1 aromatic carbocycles. The van der Waals surface area contributed by atoms with E-state index in [4.69, 9.17) is 11.6 Å². The van der Waals surface area contributed by atoms with E-state index in [0.29, 0.717) is 5.16 Å². The van der Waals surface area contributed by atoms with Crippen LogP contribution >= 0.6 is 23.4 Å². The molecular formula is C13H12ClN3OS. The van der Waals surface area contributed by atoms with Gasteiger partial charge in [-0.25, -0.2) is 9.97 Å². The van der Waals surface area contributed by atoms with E-state index in [1.54, 1.807) is 0 Å². The number of rotatable bonds is 3. The maximum atomic E-state index is 12.1. The number of anilines is 1. The topological polar surface area (TPSA) is 54.9 Å². The smallest absolute Gasteiger partial charge is 0.260 e. The lowest BCUT2D eigenvalue weighted by Crippen LogP contribution is -2.13. The fraction of sp³-hybridized carbons (Fsp3) is 0.154. The first kappa shape index (κ1) is 13.8. The van der Waals surface area contributed by atoms with Gasteiger partial charge in [-0.3, -0.25) is 4.79 Å². The second-order valence-electron chi connectivity index (χ2n) is 3.88. The van der Waals surface area contributed by atoms with E-state index in [2.05, 4.69) is 15.3 Å². The highest BCUT2D eigenvalue weighted by Gasteiger charge is 2.13. The van der Waals surface area contributed by atoms with Crippen LogP contribution in [0, 0.1) is 6.92 Å². The van der Waals surface area contributed by atoms with Gasteiger partial charge in [-0.2, -0.15) is 0 Å². The molecule has 19 heavy (non-hydrogen) atoms. The van der Waals surface area contributed by atoms with Crippen LogP contribution in [-0.4, -0.2) is 22.1 Å². The first-order valence-corrected chi connectivity index (χ1v) is 7.15. The van der Waals surface area contributed by atoms with E-state index in [9.17, 15) is 4.79 Å². The number of halogens is 1. The fourth-order valence-corrected chi connectivity index (χ4v) is 2.12. The molecule has 98 valence electrons. The molecule has 4 nitrogen and oxygen atoms in total. The predicted molar refractivity (Wildman–Crippen MR) is 78.0 cm³/mol. The molecule has 0 bridgehead atoms. The zero-order valence-electron chi connectivity index (χ0n) is 10.5. The molecule has 0 fully saturated rings. The zero-order valence-corrected chi connectivity index (χ0v) is 12.0. The summed E-state index contributed by atoms with van der Waals surface area (Å²) in [6.45, 7) is 1.96. The summed E-state index contributed by atoms with van der Waals surface area (Å²) >= 11 is 7.35. The van der Waals surface area contributed by atoms with Gasteiger partial charge in [0.05, 0.1) is 5.56 Å². The van der Waals surface area contributed by atoms with E-state index in [-0.39, 0.29) is 16.6 Å². The standard InChI is InChI=1S/C13H12ClN3OS/c1-8-4-3-5-9(6-8)16-12(18)10-7-15-13(19-2)17-11(10)14/h3-7H,1-2H3,(H,16,18). The lowest BCUT2D eigenvalue weighted by molar-refractivity contribution is 0.102. The van der Waals surface area contributed by atoms with Crippen molar-refractivity contribution in [1.82, 2.24) is 9.97 Å². The number of hydrogen-bond acceptors (Lipinski definition) is 4. The zero-order chi connectivity index (χ0) is 13.8. The molecule has 2 aromatic rings. The van der Waals surface area contributed by atoms with Crippen molar-refractivity contribution < 1.29 is 4.79 Å². The molecule has 0 aliphatic carbocycles. The Kier molecular flexibility index (Phi) is 4.39. The summed E-state index contributed by atoms with van der Waals surface area (Å²) in [6, 6.07) is 7.53. The number of aryl methyl sites for hydroxylation is 1. The number of nitrogens with one attached hydrogen (secondary N) is 1. The summed E-state index contributed by atoms with van der Waals surface area (Å²) in [6.07, 6.45) is 3.28. The van der Waals surface area contributed by atoms with Crippen molar-refractivity contribution in [1.29, 1.82) is 0 Å². The third-order valence-corrected chi connectivity index (χ3v) is 3.27. The first-order chi connectivity index (χ1) is 9.10. The lowest BCUT2D eigenvalue weighted by atomic mass is 10.2. The van der Waals surface area contributed by atoms with Crippen molar-refractivity contribution in [3.63, 3.8) is 0 Å². The monoisotopic (exact) mass is 293 g/mol. The molecule has 0 aliphatic heterocycles. The third kappa shape index (κ3) is 3.45. The second-order valence-corrected chi connectivity index (χ2v) is 5.02. The Morgan fingerprint density at radius 2 is 2.21 bits per heavy atom. The van der Waals surface area contributed by atoms with Crippen LogP contribution < -0.4 is 5.32 Å². The van der Waals surface area contributed by atoms with E-state index < -0.39 is 0 Å². The van der Waals surface area contributed by atoms with Crippen molar-refractivity contribution in [2.45, 2.75) is 12.1 Å². The molecule has 0 atom stereocenters. The average molecular weight is 294 g/mol. The van der Waals surface area contributed by atoms with Gasteiger partial charge >= 0.3 is 0 Å². The van der Waals surface area contributed by atoms with Crippen LogP contribution in [0.5, 0.6) is 0 Å². The molecule has 1 amide bonds. The van der Waals surface area contributed by atoms with Gasteiger partial charge in [-0.1, -0.05) is 35.5 Å². The Balaban J connectivity index is 2.20. The normalized spacial score (nSPS) is 10.3. The molecule has 1 heterocycles. The third-order valence-electron chi connectivity index (χ3n) is 2.42. The fourth-order valence-electron chi connectivity index (χ4n) is 1.52. The average Bonchev–Trinajstić information content (AvgIpc) is 2.38. The molecule has 0 saturated carbocycles. The van der Waals surface area contributed by atoms with Crippen molar-refractivity contribution in [2.75, 3.05) is 11.6 Å². The minimum absolute atomic E-state index is 0.157. The molecule has 2 rings (SSSR count). The van der Waals surface area contributed by atoms with Gasteiger partial charge in [0.25, 0.3) is 5.91 Å². The van der Waals surface area contributed by atoms with Crippen LogP contribution in [0.25, 0.3) is 0 Å². The number of hydrogen-bond donors (Lipinski definition) is 1. The van der Waals surface area contributed by atoms with E-state index in [1.165, 1.54) is 18.0 Å². The number of carbonyl (C=O) groups excluding carboxylic acids is 1. The van der Waals surface area contributed by atoms with E-state index in [0.717, 1.165) is 11.3 Å². The van der Waals surface area contributed by atoms with Gasteiger partial charge < -0.3 is 5.32 Å². The van der Waals surface area contributed by atoms with Gasteiger partial charge in [0.1, 0.15) is 5.15 Å². The second kappa shape index (κ2) is 6.04. The summed E-state index contributed by atoms with van der Waals surface area (Å²) in [5.74, 6) is -0.316. The Bertz CT molecular complexity index is 619. The lowest BCUT2D eigenvalue weighted by Gasteiger charge is -2.07. The Morgan fingerprint density at radius 1 is 1.42 bits per heavy atom. The highest BCUT2D eigenvalue weighted by Crippen LogP contribution is 2.18. The summed E-state index contributed by atoms with van der Waals surface area (Å²) in [5.41, 5.74) is 2.05. The summed E-state index contributed by atoms with van der Waals surface area (Å²) in [7, 11) is 0. The molecule has 6 heteroatoms. The Hall–Kier alpha value is -1.59. The maximum absolute atomic E-state index is 12.1. The number of carbonyl (C=O) groups is 1. The molecule has 0 aliphatic rings. The molecule has 0 spiro atoms. The van der Waals surface area contributed by atoms with Crippen LogP contribution in [0.1, 0.15) is 15.9 Å². The number of nitrogens with zero attached hydrogens (tertiary/aromatic N) is 2. The molecule has 0 radical (unpaired) electrons. The minimum Gasteiger partial charge on any atom is -0.322 e. The van der Waals surface area contributed by atoms with Crippen molar-refractivity contribution in [2.24, 2.45) is 0 Å². The number of thioether (sulfide) groups is 1. The first-order valence-electron chi connectivity index (χ1n) is 5.54. The van der Waals surface area contributed by atoms with Crippen LogP contribution in [-0.2, 0) is 0 Å². The van der Waals surface area contributed by atoms with Gasteiger partial charge in [-0.05, 0) is 30.9 Å². The van der Waals surface area contributed by atoms with Gasteiger partial charge in [0, 0.05) is 11.9 Å². The van der Waals surface area contributed by atoms with Crippen LogP contribution in [0.3, 0.4) is 0 Å². The van der Waals surface area contributed by atoms with E-state index >= 15 is 0 Å². The molecule has 0 unspecified atom stereocenters. The number of benzene rings is 1. The van der Waals surface area contributed by atoms with Crippen LogP contribution in [0.4, 0.5) is 5.69 Å². The summed E-state index contributed by atoms with van der Waals surface area (Å²) < 4.78 is 0. The predicted octanol–water partition coefficient (Wildman–Crippen LogP) is 3.41. The quantitative estimate of drug-likeness (QED) is 0.535. The molecule has 1 aromatic heterocycles. The van der Waals surface area contributed by atoms with Crippen molar-refractivity contribution in [3.05, 3.63) is 46.7 Å². The summed E-state index contributed by atoms with van der Waals surface area (Å²) in [5, 5.41) is 3.46. The molecular weight excluding hydrogens is 282 g/mol. The Labute approximate surface area is 120 Å². The van der Waals surface area contributed by atoms with Crippen LogP contribution in [0.15, 0.2) is 35.6 Å².